The number of furan rings is 1. The largest absolute Gasteiger partial charge is 0.467 e. The number of carbonyl (C=O) groups is 3. The van der Waals surface area contributed by atoms with Crippen molar-refractivity contribution in [2.75, 3.05) is 4.90 Å². The molecule has 0 aliphatic carbocycles. The van der Waals surface area contributed by atoms with Gasteiger partial charge in [-0.2, -0.15) is 0 Å². The van der Waals surface area contributed by atoms with E-state index >= 15 is 0 Å². The van der Waals surface area contributed by atoms with Gasteiger partial charge in [-0.05, 0) is 42.0 Å². The van der Waals surface area contributed by atoms with Crippen LogP contribution in [0.2, 0.25) is 0 Å². The van der Waals surface area contributed by atoms with Gasteiger partial charge >= 0.3 is 0 Å². The molecule has 1 aromatic heterocycles. The summed E-state index contributed by atoms with van der Waals surface area (Å²) in [4.78, 5) is 41.2. The zero-order chi connectivity index (χ0) is 21.1. The Hall–Kier alpha value is -3.74. The number of halogens is 1. The quantitative estimate of drug-likeness (QED) is 0.589. The van der Waals surface area contributed by atoms with E-state index in [4.69, 9.17) is 4.42 Å². The van der Waals surface area contributed by atoms with Crippen molar-refractivity contribution in [3.05, 3.63) is 90.1 Å². The van der Waals surface area contributed by atoms with Crippen molar-refractivity contribution in [1.82, 2.24) is 4.90 Å². The second kappa shape index (κ2) is 8.32. The third-order valence-electron chi connectivity index (χ3n) is 5.01. The molecule has 0 spiro atoms. The molecule has 152 valence electrons. The van der Waals surface area contributed by atoms with Gasteiger partial charge in [0, 0.05) is 0 Å². The molecule has 1 atom stereocenters. The fourth-order valence-electron chi connectivity index (χ4n) is 3.54. The SMILES string of the molecule is O=C1CC(N(Cc2ccco2)C(=O)Cc2ccccc2)C(=O)N1c1ccc(F)cc1. The van der Waals surface area contributed by atoms with E-state index < -0.39 is 23.7 Å². The lowest BCUT2D eigenvalue weighted by Gasteiger charge is -2.27. The molecule has 7 heteroatoms. The molecular weight excluding hydrogens is 387 g/mol. The Balaban J connectivity index is 1.61. The Bertz CT molecular complexity index is 1050. The maximum atomic E-state index is 13.2. The summed E-state index contributed by atoms with van der Waals surface area (Å²) in [5.74, 6) is -1.19. The van der Waals surface area contributed by atoms with Crippen LogP contribution in [0.5, 0.6) is 0 Å². The van der Waals surface area contributed by atoms with Crippen molar-refractivity contribution >= 4 is 23.4 Å². The molecule has 0 saturated carbocycles. The Morgan fingerprint density at radius 1 is 1.03 bits per heavy atom. The van der Waals surface area contributed by atoms with Crippen molar-refractivity contribution in [1.29, 1.82) is 0 Å². The number of carbonyl (C=O) groups excluding carboxylic acids is 3. The second-order valence-electron chi connectivity index (χ2n) is 7.03. The van der Waals surface area contributed by atoms with Gasteiger partial charge in [0.15, 0.2) is 0 Å². The maximum absolute atomic E-state index is 13.2. The van der Waals surface area contributed by atoms with Crippen LogP contribution in [0.25, 0.3) is 0 Å². The molecule has 6 nitrogen and oxygen atoms in total. The summed E-state index contributed by atoms with van der Waals surface area (Å²) in [6, 6.07) is 16.7. The normalized spacial score (nSPS) is 16.2. The number of rotatable bonds is 6. The second-order valence-corrected chi connectivity index (χ2v) is 7.03. The van der Waals surface area contributed by atoms with Crippen LogP contribution in [-0.2, 0) is 27.3 Å². The molecule has 1 saturated heterocycles. The minimum absolute atomic E-state index is 0.0691. The third-order valence-corrected chi connectivity index (χ3v) is 5.01. The predicted molar refractivity (Wildman–Crippen MR) is 107 cm³/mol. The average Bonchev–Trinajstić information content (AvgIpc) is 3.35. The monoisotopic (exact) mass is 406 g/mol. The highest BCUT2D eigenvalue weighted by atomic mass is 19.1. The van der Waals surface area contributed by atoms with Crippen molar-refractivity contribution in [2.24, 2.45) is 0 Å². The molecule has 30 heavy (non-hydrogen) atoms. The fourth-order valence-corrected chi connectivity index (χ4v) is 3.54. The first-order valence-corrected chi connectivity index (χ1v) is 9.51. The first-order valence-electron chi connectivity index (χ1n) is 9.51. The number of imide groups is 1. The molecule has 1 aliphatic rings. The van der Waals surface area contributed by atoms with Crippen molar-refractivity contribution in [3.8, 4) is 0 Å². The van der Waals surface area contributed by atoms with E-state index in [0.29, 0.717) is 5.76 Å². The molecule has 3 aromatic rings. The van der Waals surface area contributed by atoms with Gasteiger partial charge in [-0.25, -0.2) is 9.29 Å². The first-order chi connectivity index (χ1) is 14.5. The minimum Gasteiger partial charge on any atom is -0.467 e. The van der Waals surface area contributed by atoms with Gasteiger partial charge in [0.05, 0.1) is 31.3 Å². The van der Waals surface area contributed by atoms with E-state index in [1.54, 1.807) is 12.1 Å². The number of benzene rings is 2. The van der Waals surface area contributed by atoms with Gasteiger partial charge in [-0.1, -0.05) is 30.3 Å². The number of hydrogen-bond acceptors (Lipinski definition) is 4. The van der Waals surface area contributed by atoms with Crippen LogP contribution in [0, 0.1) is 5.82 Å². The van der Waals surface area contributed by atoms with E-state index in [0.717, 1.165) is 10.5 Å². The highest BCUT2D eigenvalue weighted by Crippen LogP contribution is 2.27. The van der Waals surface area contributed by atoms with E-state index in [1.165, 1.54) is 35.4 Å². The average molecular weight is 406 g/mol. The number of amides is 3. The highest BCUT2D eigenvalue weighted by Gasteiger charge is 2.44. The van der Waals surface area contributed by atoms with Gasteiger partial charge in [-0.15, -0.1) is 0 Å². The van der Waals surface area contributed by atoms with Crippen molar-refractivity contribution in [2.45, 2.75) is 25.4 Å². The molecule has 2 heterocycles. The topological polar surface area (TPSA) is 70.8 Å². The molecule has 2 aromatic carbocycles. The lowest BCUT2D eigenvalue weighted by Crippen LogP contribution is -2.45. The van der Waals surface area contributed by atoms with E-state index in [2.05, 4.69) is 0 Å². The summed E-state index contributed by atoms with van der Waals surface area (Å²) in [7, 11) is 0. The standard InChI is InChI=1S/C23H19FN2O4/c24-17-8-10-18(11-9-17)26-22(28)14-20(23(26)29)25(15-19-7-4-12-30-19)21(27)13-16-5-2-1-3-6-16/h1-12,20H,13-15H2. The van der Waals surface area contributed by atoms with Gasteiger partial charge in [0.1, 0.15) is 17.6 Å². The van der Waals surface area contributed by atoms with E-state index in [-0.39, 0.29) is 31.0 Å². The van der Waals surface area contributed by atoms with E-state index in [9.17, 15) is 18.8 Å². The summed E-state index contributed by atoms with van der Waals surface area (Å²) < 4.78 is 18.6. The predicted octanol–water partition coefficient (Wildman–Crippen LogP) is 3.32. The van der Waals surface area contributed by atoms with Gasteiger partial charge in [0.2, 0.25) is 11.8 Å². The van der Waals surface area contributed by atoms with Gasteiger partial charge in [0.25, 0.3) is 5.91 Å². The van der Waals surface area contributed by atoms with Crippen LogP contribution in [0.1, 0.15) is 17.7 Å². The van der Waals surface area contributed by atoms with Crippen molar-refractivity contribution < 1.29 is 23.2 Å². The Morgan fingerprint density at radius 3 is 2.43 bits per heavy atom. The molecular formula is C23H19FN2O4. The molecule has 1 aliphatic heterocycles. The smallest absolute Gasteiger partial charge is 0.257 e. The first kappa shape index (κ1) is 19.6. The molecule has 4 rings (SSSR count). The highest BCUT2D eigenvalue weighted by molar-refractivity contribution is 6.23. The van der Waals surface area contributed by atoms with E-state index in [1.807, 2.05) is 30.3 Å². The number of hydrogen-bond donors (Lipinski definition) is 0. The zero-order valence-corrected chi connectivity index (χ0v) is 16.0. The summed E-state index contributed by atoms with van der Waals surface area (Å²) in [6.07, 6.45) is 1.44. The van der Waals surface area contributed by atoms with Gasteiger partial charge < -0.3 is 9.32 Å². The molecule has 3 amide bonds. The molecule has 0 N–H and O–H groups in total. The molecule has 0 radical (unpaired) electrons. The van der Waals surface area contributed by atoms with Crippen LogP contribution in [0.4, 0.5) is 10.1 Å². The van der Waals surface area contributed by atoms with Crippen LogP contribution < -0.4 is 4.90 Å². The van der Waals surface area contributed by atoms with Gasteiger partial charge in [-0.3, -0.25) is 14.4 Å². The Morgan fingerprint density at radius 2 is 1.77 bits per heavy atom. The summed E-state index contributed by atoms with van der Waals surface area (Å²) in [5, 5.41) is 0. The fraction of sp³-hybridized carbons (Fsp3) is 0.174. The summed E-state index contributed by atoms with van der Waals surface area (Å²) in [6.45, 7) is 0.0691. The lowest BCUT2D eigenvalue weighted by molar-refractivity contribution is -0.138. The lowest BCUT2D eigenvalue weighted by atomic mass is 10.1. The number of anilines is 1. The molecule has 1 unspecified atom stereocenters. The number of nitrogens with zero attached hydrogens (tertiary/aromatic N) is 2. The molecule has 1 fully saturated rings. The third kappa shape index (κ3) is 4.00. The minimum atomic E-state index is -0.955. The maximum Gasteiger partial charge on any atom is 0.257 e. The van der Waals surface area contributed by atoms with Crippen LogP contribution >= 0.6 is 0 Å². The summed E-state index contributed by atoms with van der Waals surface area (Å²) >= 11 is 0. The molecule has 0 bridgehead atoms. The zero-order valence-electron chi connectivity index (χ0n) is 16.0. The summed E-state index contributed by atoms with van der Waals surface area (Å²) in [5.41, 5.74) is 1.08. The van der Waals surface area contributed by atoms with Crippen LogP contribution in [-0.4, -0.2) is 28.7 Å². The Kier molecular flexibility index (Phi) is 5.43. The Labute approximate surface area is 172 Å². The van der Waals surface area contributed by atoms with Crippen LogP contribution in [0.15, 0.2) is 77.4 Å². The van der Waals surface area contributed by atoms with Crippen molar-refractivity contribution in [3.63, 3.8) is 0 Å². The van der Waals surface area contributed by atoms with Crippen LogP contribution in [0.3, 0.4) is 0 Å².